The number of halogens is 1. The maximum atomic E-state index is 12.7. The van der Waals surface area contributed by atoms with Crippen LogP contribution in [0.2, 0.25) is 0 Å². The quantitative estimate of drug-likeness (QED) is 0.753. The molecule has 1 aliphatic rings. The van der Waals surface area contributed by atoms with Gasteiger partial charge in [0, 0.05) is 21.8 Å². The fourth-order valence-corrected chi connectivity index (χ4v) is 4.20. The van der Waals surface area contributed by atoms with Crippen LogP contribution < -0.4 is 10.0 Å². The first-order chi connectivity index (χ1) is 11.8. The average molecular weight is 423 g/mol. The second-order valence-corrected chi connectivity index (χ2v) is 8.78. The van der Waals surface area contributed by atoms with Crippen LogP contribution in [0, 0.1) is 12.8 Å². The van der Waals surface area contributed by atoms with Crippen molar-refractivity contribution < 1.29 is 13.2 Å². The van der Waals surface area contributed by atoms with Crippen LogP contribution in [0.15, 0.2) is 51.8 Å². The Balaban J connectivity index is 1.83. The minimum absolute atomic E-state index is 0.0423. The van der Waals surface area contributed by atoms with E-state index in [4.69, 9.17) is 0 Å². The molecule has 0 aromatic heterocycles. The Kier molecular flexibility index (Phi) is 5.15. The Labute approximate surface area is 156 Å². The largest absolute Gasteiger partial charge is 0.326 e. The summed E-state index contributed by atoms with van der Waals surface area (Å²) in [6.07, 6.45) is 2.87. The van der Waals surface area contributed by atoms with E-state index in [1.165, 1.54) is 6.07 Å². The lowest BCUT2D eigenvalue weighted by Crippen LogP contribution is -2.28. The number of aryl methyl sites for hydroxylation is 1. The number of anilines is 2. The van der Waals surface area contributed by atoms with Crippen LogP contribution in [0.25, 0.3) is 0 Å². The molecule has 1 amide bonds. The lowest BCUT2D eigenvalue weighted by molar-refractivity contribution is -0.122. The van der Waals surface area contributed by atoms with Crippen LogP contribution in [0.5, 0.6) is 0 Å². The average Bonchev–Trinajstić information content (AvgIpc) is 2.49. The lowest BCUT2D eigenvalue weighted by Gasteiger charge is -2.24. The molecule has 1 aliphatic carbocycles. The number of rotatable bonds is 5. The molecule has 0 spiro atoms. The number of amides is 1. The van der Waals surface area contributed by atoms with Crippen molar-refractivity contribution in [1.29, 1.82) is 0 Å². The van der Waals surface area contributed by atoms with Gasteiger partial charge in [0.15, 0.2) is 0 Å². The van der Waals surface area contributed by atoms with Crippen molar-refractivity contribution in [2.45, 2.75) is 31.1 Å². The van der Waals surface area contributed by atoms with Crippen molar-refractivity contribution in [3.8, 4) is 0 Å². The second-order valence-electron chi connectivity index (χ2n) is 6.21. The van der Waals surface area contributed by atoms with E-state index in [9.17, 15) is 13.2 Å². The predicted octanol–water partition coefficient (Wildman–Crippen LogP) is 4.30. The highest BCUT2D eigenvalue weighted by atomic mass is 79.9. The molecule has 0 heterocycles. The Morgan fingerprint density at radius 2 is 1.72 bits per heavy atom. The zero-order valence-electron chi connectivity index (χ0n) is 13.8. The van der Waals surface area contributed by atoms with Gasteiger partial charge in [-0.15, -0.1) is 0 Å². The second kappa shape index (κ2) is 7.17. The van der Waals surface area contributed by atoms with E-state index < -0.39 is 10.0 Å². The molecule has 0 atom stereocenters. The van der Waals surface area contributed by atoms with Gasteiger partial charge in [0.2, 0.25) is 5.91 Å². The van der Waals surface area contributed by atoms with Gasteiger partial charge in [-0.3, -0.25) is 9.52 Å². The smallest absolute Gasteiger partial charge is 0.262 e. The highest BCUT2D eigenvalue weighted by Gasteiger charge is 2.25. The molecule has 5 nitrogen and oxygen atoms in total. The third-order valence-corrected chi connectivity index (χ3v) is 6.37. The van der Waals surface area contributed by atoms with E-state index in [1.54, 1.807) is 43.3 Å². The van der Waals surface area contributed by atoms with Crippen LogP contribution in [-0.2, 0) is 14.8 Å². The van der Waals surface area contributed by atoms with Gasteiger partial charge in [-0.05, 0) is 61.7 Å². The predicted molar refractivity (Wildman–Crippen MR) is 102 cm³/mol. The van der Waals surface area contributed by atoms with Crippen LogP contribution in [0.1, 0.15) is 24.8 Å². The molecule has 7 heteroatoms. The summed E-state index contributed by atoms with van der Waals surface area (Å²) in [6, 6.07) is 11.8. The summed E-state index contributed by atoms with van der Waals surface area (Å²) in [4.78, 5) is 12.2. The lowest BCUT2D eigenvalue weighted by atomic mass is 9.85. The van der Waals surface area contributed by atoms with Gasteiger partial charge in [-0.2, -0.15) is 0 Å². The minimum Gasteiger partial charge on any atom is -0.326 e. The minimum atomic E-state index is -3.74. The zero-order chi connectivity index (χ0) is 18.0. The highest BCUT2D eigenvalue weighted by molar-refractivity contribution is 9.10. The molecule has 3 rings (SSSR count). The fraction of sp³-hybridized carbons (Fsp3) is 0.278. The van der Waals surface area contributed by atoms with Crippen molar-refractivity contribution >= 4 is 43.2 Å². The van der Waals surface area contributed by atoms with E-state index in [1.807, 2.05) is 0 Å². The molecule has 2 aromatic carbocycles. The third kappa shape index (κ3) is 4.22. The monoisotopic (exact) mass is 422 g/mol. The Morgan fingerprint density at radius 1 is 1.08 bits per heavy atom. The summed E-state index contributed by atoms with van der Waals surface area (Å²) >= 11 is 3.32. The SMILES string of the molecule is Cc1ccc(NC(=O)C2CCC2)cc1S(=O)(=O)Nc1ccc(Br)cc1. The van der Waals surface area contributed by atoms with E-state index in [0.29, 0.717) is 16.9 Å². The molecule has 0 saturated heterocycles. The molecule has 0 aliphatic heterocycles. The third-order valence-electron chi connectivity index (χ3n) is 4.32. The van der Waals surface area contributed by atoms with Gasteiger partial charge in [0.05, 0.1) is 4.90 Å². The number of sulfonamides is 1. The summed E-state index contributed by atoms with van der Waals surface area (Å²) in [5.41, 5.74) is 1.59. The van der Waals surface area contributed by atoms with Crippen LogP contribution in [0.4, 0.5) is 11.4 Å². The standard InChI is InChI=1S/C18H19BrN2O3S/c1-12-5-8-16(20-18(22)13-3-2-4-13)11-17(12)25(23,24)21-15-9-6-14(19)7-10-15/h5-11,13,21H,2-4H2,1H3,(H,20,22). The van der Waals surface area contributed by atoms with Crippen molar-refractivity contribution in [3.05, 3.63) is 52.5 Å². The molecular weight excluding hydrogens is 404 g/mol. The van der Waals surface area contributed by atoms with Crippen LogP contribution >= 0.6 is 15.9 Å². The van der Waals surface area contributed by atoms with Gasteiger partial charge >= 0.3 is 0 Å². The summed E-state index contributed by atoms with van der Waals surface area (Å²) in [5, 5.41) is 2.82. The normalized spacial score (nSPS) is 14.6. The summed E-state index contributed by atoms with van der Waals surface area (Å²) in [6.45, 7) is 1.73. The van der Waals surface area contributed by atoms with Crippen molar-refractivity contribution in [2.75, 3.05) is 10.0 Å². The summed E-state index contributed by atoms with van der Waals surface area (Å²) in [5.74, 6) is 0.00145. The number of carbonyl (C=O) groups is 1. The molecule has 1 saturated carbocycles. The van der Waals surface area contributed by atoms with Crippen molar-refractivity contribution in [2.24, 2.45) is 5.92 Å². The number of nitrogens with one attached hydrogen (secondary N) is 2. The molecular formula is C18H19BrN2O3S. The fourth-order valence-electron chi connectivity index (χ4n) is 2.61. The van der Waals surface area contributed by atoms with Gasteiger partial charge in [0.25, 0.3) is 10.0 Å². The summed E-state index contributed by atoms with van der Waals surface area (Å²) in [7, 11) is -3.74. The molecule has 2 N–H and O–H groups in total. The first kappa shape index (κ1) is 17.9. The Morgan fingerprint density at radius 3 is 2.32 bits per heavy atom. The molecule has 25 heavy (non-hydrogen) atoms. The van der Waals surface area contributed by atoms with Gasteiger partial charge in [0.1, 0.15) is 0 Å². The van der Waals surface area contributed by atoms with E-state index in [-0.39, 0.29) is 16.7 Å². The van der Waals surface area contributed by atoms with E-state index >= 15 is 0 Å². The first-order valence-corrected chi connectivity index (χ1v) is 10.3. The maximum Gasteiger partial charge on any atom is 0.262 e. The highest BCUT2D eigenvalue weighted by Crippen LogP contribution is 2.29. The molecule has 132 valence electrons. The molecule has 0 bridgehead atoms. The molecule has 2 aromatic rings. The van der Waals surface area contributed by atoms with Crippen molar-refractivity contribution in [3.63, 3.8) is 0 Å². The van der Waals surface area contributed by atoms with Crippen LogP contribution in [0.3, 0.4) is 0 Å². The van der Waals surface area contributed by atoms with Crippen LogP contribution in [-0.4, -0.2) is 14.3 Å². The Hall–Kier alpha value is -1.86. The van der Waals surface area contributed by atoms with Gasteiger partial charge in [-0.25, -0.2) is 8.42 Å². The van der Waals surface area contributed by atoms with E-state index in [0.717, 1.165) is 23.7 Å². The first-order valence-electron chi connectivity index (χ1n) is 8.05. The topological polar surface area (TPSA) is 75.3 Å². The molecule has 0 radical (unpaired) electrons. The molecule has 0 unspecified atom stereocenters. The summed E-state index contributed by atoms with van der Waals surface area (Å²) < 4.78 is 28.9. The number of hydrogen-bond donors (Lipinski definition) is 2. The van der Waals surface area contributed by atoms with E-state index in [2.05, 4.69) is 26.0 Å². The zero-order valence-corrected chi connectivity index (χ0v) is 16.2. The number of hydrogen-bond acceptors (Lipinski definition) is 3. The van der Waals surface area contributed by atoms with Gasteiger partial charge < -0.3 is 5.32 Å². The number of benzene rings is 2. The Bertz CT molecular complexity index is 891. The molecule has 1 fully saturated rings. The number of carbonyl (C=O) groups excluding carboxylic acids is 1. The van der Waals surface area contributed by atoms with Crippen molar-refractivity contribution in [1.82, 2.24) is 0 Å². The maximum absolute atomic E-state index is 12.7. The van der Waals surface area contributed by atoms with Gasteiger partial charge in [-0.1, -0.05) is 28.4 Å².